The fourth-order valence-electron chi connectivity index (χ4n) is 5.91. The number of likely N-dealkylation sites (tertiary alicyclic amines) is 2. The predicted molar refractivity (Wildman–Crippen MR) is 109 cm³/mol. The van der Waals surface area contributed by atoms with Crippen molar-refractivity contribution in [1.82, 2.24) is 14.7 Å². The maximum atomic E-state index is 13.3. The van der Waals surface area contributed by atoms with Gasteiger partial charge in [0.2, 0.25) is 11.8 Å². The van der Waals surface area contributed by atoms with Crippen LogP contribution in [0.1, 0.15) is 64.2 Å². The largest absolute Gasteiger partial charge is 0.342 e. The minimum absolute atomic E-state index is 0.185. The normalized spacial score (nSPS) is 29.9. The van der Waals surface area contributed by atoms with Gasteiger partial charge in [-0.05, 0) is 82.6 Å². The first-order chi connectivity index (χ1) is 13.6. The van der Waals surface area contributed by atoms with Gasteiger partial charge in [0.15, 0.2) is 0 Å². The molecule has 0 unspecified atom stereocenters. The number of carbonyl (C=O) groups excluding carboxylic acids is 2. The Hall–Kier alpha value is -1.10. The summed E-state index contributed by atoms with van der Waals surface area (Å²) < 4.78 is 0. The highest BCUT2D eigenvalue weighted by Crippen LogP contribution is 2.47. The van der Waals surface area contributed by atoms with Crippen molar-refractivity contribution < 1.29 is 9.59 Å². The van der Waals surface area contributed by atoms with Gasteiger partial charge in [-0.25, -0.2) is 0 Å². The Kier molecular flexibility index (Phi) is 5.14. The zero-order valence-corrected chi connectivity index (χ0v) is 17.5. The molecule has 5 heteroatoms. The number of rotatable bonds is 6. The van der Waals surface area contributed by atoms with Crippen molar-refractivity contribution in [3.8, 4) is 0 Å². The van der Waals surface area contributed by atoms with Crippen LogP contribution < -0.4 is 0 Å². The lowest BCUT2D eigenvalue weighted by atomic mass is 9.92. The van der Waals surface area contributed by atoms with E-state index in [0.717, 1.165) is 76.5 Å². The van der Waals surface area contributed by atoms with E-state index in [1.807, 2.05) is 0 Å². The van der Waals surface area contributed by atoms with E-state index >= 15 is 0 Å². The molecular formula is C23H37N3O2. The minimum Gasteiger partial charge on any atom is -0.342 e. The van der Waals surface area contributed by atoms with E-state index in [1.54, 1.807) is 0 Å². The van der Waals surface area contributed by atoms with Gasteiger partial charge >= 0.3 is 0 Å². The van der Waals surface area contributed by atoms with Crippen molar-refractivity contribution in [2.24, 2.45) is 23.7 Å². The lowest BCUT2D eigenvalue weighted by Crippen LogP contribution is -2.53. The highest BCUT2D eigenvalue weighted by atomic mass is 16.2. The van der Waals surface area contributed by atoms with Gasteiger partial charge in [-0.3, -0.25) is 14.5 Å². The molecule has 2 amide bonds. The summed E-state index contributed by atoms with van der Waals surface area (Å²) in [6, 6.07) is 1.09. The number of amides is 2. The third kappa shape index (κ3) is 3.96. The summed E-state index contributed by atoms with van der Waals surface area (Å²) in [5.41, 5.74) is 0. The summed E-state index contributed by atoms with van der Waals surface area (Å²) in [6.07, 6.45) is 11.9. The van der Waals surface area contributed by atoms with E-state index < -0.39 is 0 Å². The molecule has 0 radical (unpaired) electrons. The van der Waals surface area contributed by atoms with Crippen LogP contribution in [0.2, 0.25) is 0 Å². The van der Waals surface area contributed by atoms with E-state index in [1.165, 1.54) is 25.7 Å². The van der Waals surface area contributed by atoms with Gasteiger partial charge in [-0.1, -0.05) is 0 Å². The van der Waals surface area contributed by atoms with Crippen LogP contribution >= 0.6 is 0 Å². The average Bonchev–Trinajstić information content (AvgIpc) is 3.59. The molecule has 2 heterocycles. The minimum atomic E-state index is 0.185. The van der Waals surface area contributed by atoms with Crippen molar-refractivity contribution in [2.45, 2.75) is 76.3 Å². The molecule has 28 heavy (non-hydrogen) atoms. The quantitative estimate of drug-likeness (QED) is 0.704. The first-order valence-corrected chi connectivity index (χ1v) is 11.9. The highest BCUT2D eigenvalue weighted by molar-refractivity contribution is 5.81. The smallest absolute Gasteiger partial charge is 0.226 e. The SMILES string of the molecule is CN(C(=O)[C@H]1CCCN(C2CCN(C(=O)C3CC3)CC2)C1)C(C1CC1)C1CC1. The maximum absolute atomic E-state index is 13.3. The number of piperidine rings is 2. The summed E-state index contributed by atoms with van der Waals surface area (Å²) in [5, 5.41) is 0. The van der Waals surface area contributed by atoms with Crippen LogP contribution in [-0.4, -0.2) is 71.8 Å². The Morgan fingerprint density at radius 2 is 1.46 bits per heavy atom. The van der Waals surface area contributed by atoms with Crippen molar-refractivity contribution in [3.63, 3.8) is 0 Å². The van der Waals surface area contributed by atoms with Gasteiger partial charge in [-0.15, -0.1) is 0 Å². The molecule has 0 spiro atoms. The molecule has 0 aromatic heterocycles. The third-order valence-electron chi connectivity index (χ3n) is 8.03. The maximum Gasteiger partial charge on any atom is 0.226 e. The van der Waals surface area contributed by atoms with Crippen LogP contribution in [0.3, 0.4) is 0 Å². The van der Waals surface area contributed by atoms with Crippen molar-refractivity contribution in [3.05, 3.63) is 0 Å². The molecule has 5 aliphatic rings. The van der Waals surface area contributed by atoms with E-state index in [4.69, 9.17) is 0 Å². The number of hydrogen-bond donors (Lipinski definition) is 0. The Labute approximate surface area is 169 Å². The summed E-state index contributed by atoms with van der Waals surface area (Å²) in [7, 11) is 2.09. The van der Waals surface area contributed by atoms with E-state index in [0.29, 0.717) is 29.8 Å². The lowest BCUT2D eigenvalue weighted by Gasteiger charge is -2.43. The predicted octanol–water partition coefficient (Wildman–Crippen LogP) is 2.75. The first-order valence-electron chi connectivity index (χ1n) is 11.9. The van der Waals surface area contributed by atoms with E-state index in [9.17, 15) is 9.59 Å². The van der Waals surface area contributed by atoms with Crippen LogP contribution in [0.4, 0.5) is 0 Å². The van der Waals surface area contributed by atoms with E-state index in [2.05, 4.69) is 21.7 Å². The van der Waals surface area contributed by atoms with Crippen LogP contribution in [0.5, 0.6) is 0 Å². The molecule has 1 atom stereocenters. The summed E-state index contributed by atoms with van der Waals surface area (Å²) in [6.45, 7) is 3.90. The topological polar surface area (TPSA) is 43.9 Å². The molecule has 0 aromatic carbocycles. The Morgan fingerprint density at radius 3 is 2.04 bits per heavy atom. The zero-order chi connectivity index (χ0) is 19.3. The van der Waals surface area contributed by atoms with Gasteiger partial charge < -0.3 is 9.80 Å². The Bertz CT molecular complexity index is 591. The average molecular weight is 388 g/mol. The molecule has 5 fully saturated rings. The van der Waals surface area contributed by atoms with Crippen molar-refractivity contribution in [1.29, 1.82) is 0 Å². The van der Waals surface area contributed by atoms with Gasteiger partial charge in [0.1, 0.15) is 0 Å². The van der Waals surface area contributed by atoms with Gasteiger partial charge in [0.25, 0.3) is 0 Å². The summed E-state index contributed by atoms with van der Waals surface area (Å²) in [4.78, 5) is 32.5. The van der Waals surface area contributed by atoms with Gasteiger partial charge in [0.05, 0.1) is 5.92 Å². The molecule has 2 aliphatic heterocycles. The fraction of sp³-hybridized carbons (Fsp3) is 0.913. The molecule has 5 nitrogen and oxygen atoms in total. The fourth-order valence-corrected chi connectivity index (χ4v) is 5.91. The van der Waals surface area contributed by atoms with Crippen LogP contribution in [0, 0.1) is 23.7 Å². The second-order valence-corrected chi connectivity index (χ2v) is 10.3. The molecule has 156 valence electrons. The third-order valence-corrected chi connectivity index (χ3v) is 8.03. The van der Waals surface area contributed by atoms with E-state index in [-0.39, 0.29) is 5.92 Å². The van der Waals surface area contributed by atoms with Crippen LogP contribution in [0.25, 0.3) is 0 Å². The standard InChI is InChI=1S/C23H37N3O2/c1-24(21(16-4-5-16)17-6-7-17)22(27)19-3-2-12-26(15-19)20-10-13-25(14-11-20)23(28)18-8-9-18/h16-21H,2-15H2,1H3/t19-/m0/s1. The van der Waals surface area contributed by atoms with Crippen LogP contribution in [-0.2, 0) is 9.59 Å². The molecular weight excluding hydrogens is 350 g/mol. The van der Waals surface area contributed by atoms with Crippen molar-refractivity contribution >= 4 is 11.8 Å². The molecule has 0 aromatic rings. The summed E-state index contributed by atoms with van der Waals surface area (Å²) >= 11 is 0. The number of hydrogen-bond acceptors (Lipinski definition) is 3. The highest BCUT2D eigenvalue weighted by Gasteiger charge is 2.46. The van der Waals surface area contributed by atoms with Gasteiger partial charge in [0, 0.05) is 44.7 Å². The van der Waals surface area contributed by atoms with Crippen molar-refractivity contribution in [2.75, 3.05) is 33.2 Å². The molecule has 5 rings (SSSR count). The first kappa shape index (κ1) is 18.9. The van der Waals surface area contributed by atoms with Crippen LogP contribution in [0.15, 0.2) is 0 Å². The molecule has 0 N–H and O–H groups in total. The Morgan fingerprint density at radius 1 is 0.821 bits per heavy atom. The molecule has 3 aliphatic carbocycles. The monoisotopic (exact) mass is 387 g/mol. The molecule has 3 saturated carbocycles. The Balaban J connectivity index is 1.15. The lowest BCUT2D eigenvalue weighted by molar-refractivity contribution is -0.139. The second-order valence-electron chi connectivity index (χ2n) is 10.3. The molecule has 2 saturated heterocycles. The summed E-state index contributed by atoms with van der Waals surface area (Å²) in [5.74, 6) is 2.91. The van der Waals surface area contributed by atoms with Gasteiger partial charge in [-0.2, -0.15) is 0 Å². The second kappa shape index (κ2) is 7.62. The molecule has 0 bridgehead atoms. The number of carbonyl (C=O) groups is 2. The number of nitrogens with zero attached hydrogens (tertiary/aromatic N) is 3. The zero-order valence-electron chi connectivity index (χ0n) is 17.5.